The Balaban J connectivity index is 3.23. The summed E-state index contributed by atoms with van der Waals surface area (Å²) in [6, 6.07) is 5.10. The maximum Gasteiger partial charge on any atom is 0.308 e. The van der Waals surface area contributed by atoms with Crippen LogP contribution in [0, 0.1) is 11.3 Å². The smallest absolute Gasteiger partial charge is 0.308 e. The van der Waals surface area contributed by atoms with Crippen molar-refractivity contribution in [2.45, 2.75) is 13.8 Å². The molecular weight excluding hydrogens is 274 g/mol. The van der Waals surface area contributed by atoms with Gasteiger partial charge in [0.15, 0.2) is 11.5 Å². The van der Waals surface area contributed by atoms with Crippen molar-refractivity contribution in [3.8, 4) is 17.6 Å². The Morgan fingerprint density at radius 1 is 1.56 bits per heavy atom. The third-order valence-electron chi connectivity index (χ3n) is 1.68. The minimum atomic E-state index is -0.439. The molecule has 1 aromatic rings. The SMILES string of the molecule is CCOc1cc(C#N)cc(Br)c1OC(C)=O. The summed E-state index contributed by atoms with van der Waals surface area (Å²) in [5.41, 5.74) is 0.436. The highest BCUT2D eigenvalue weighted by Crippen LogP contribution is 2.36. The fourth-order valence-electron chi connectivity index (χ4n) is 1.14. The van der Waals surface area contributed by atoms with Crippen LogP contribution in [-0.4, -0.2) is 12.6 Å². The van der Waals surface area contributed by atoms with Gasteiger partial charge in [-0.25, -0.2) is 0 Å². The summed E-state index contributed by atoms with van der Waals surface area (Å²) in [4.78, 5) is 10.9. The van der Waals surface area contributed by atoms with Crippen molar-refractivity contribution in [1.29, 1.82) is 5.26 Å². The van der Waals surface area contributed by atoms with Gasteiger partial charge in [-0.05, 0) is 28.9 Å². The normalized spacial score (nSPS) is 9.38. The van der Waals surface area contributed by atoms with Crippen molar-refractivity contribution in [1.82, 2.24) is 0 Å². The van der Waals surface area contributed by atoms with Gasteiger partial charge in [-0.15, -0.1) is 0 Å². The van der Waals surface area contributed by atoms with E-state index in [4.69, 9.17) is 14.7 Å². The van der Waals surface area contributed by atoms with Gasteiger partial charge in [0.05, 0.1) is 22.7 Å². The number of carbonyl (C=O) groups excluding carboxylic acids is 1. The quantitative estimate of drug-likeness (QED) is 0.632. The second-order valence-corrected chi connectivity index (χ2v) is 3.78. The molecule has 1 rings (SSSR count). The Labute approximate surface area is 102 Å². The minimum absolute atomic E-state index is 0.299. The molecule has 1 aromatic carbocycles. The highest BCUT2D eigenvalue weighted by molar-refractivity contribution is 9.10. The summed E-state index contributed by atoms with van der Waals surface area (Å²) in [7, 11) is 0. The second kappa shape index (κ2) is 5.52. The molecule has 84 valence electrons. The zero-order valence-corrected chi connectivity index (χ0v) is 10.5. The van der Waals surface area contributed by atoms with E-state index in [2.05, 4.69) is 15.9 Å². The lowest BCUT2D eigenvalue weighted by Crippen LogP contribution is -2.05. The Bertz CT molecular complexity index is 451. The van der Waals surface area contributed by atoms with Gasteiger partial charge >= 0.3 is 5.97 Å². The molecular formula is C11H10BrNO3. The third kappa shape index (κ3) is 2.97. The first kappa shape index (κ1) is 12.5. The van der Waals surface area contributed by atoms with Crippen LogP contribution in [0.1, 0.15) is 19.4 Å². The molecule has 0 aliphatic heterocycles. The van der Waals surface area contributed by atoms with Crippen LogP contribution in [-0.2, 0) is 4.79 Å². The second-order valence-electron chi connectivity index (χ2n) is 2.92. The number of esters is 1. The number of hydrogen-bond donors (Lipinski definition) is 0. The Morgan fingerprint density at radius 2 is 2.25 bits per heavy atom. The van der Waals surface area contributed by atoms with Gasteiger partial charge in [-0.3, -0.25) is 4.79 Å². The van der Waals surface area contributed by atoms with Gasteiger partial charge in [0, 0.05) is 13.0 Å². The molecule has 4 nitrogen and oxygen atoms in total. The van der Waals surface area contributed by atoms with E-state index in [9.17, 15) is 4.79 Å². The van der Waals surface area contributed by atoms with E-state index >= 15 is 0 Å². The summed E-state index contributed by atoms with van der Waals surface area (Å²) in [5, 5.41) is 8.79. The predicted octanol–water partition coefficient (Wildman–Crippen LogP) is 2.64. The molecule has 0 fully saturated rings. The lowest BCUT2D eigenvalue weighted by molar-refractivity contribution is -0.132. The largest absolute Gasteiger partial charge is 0.490 e. The number of benzene rings is 1. The van der Waals surface area contributed by atoms with E-state index in [1.807, 2.05) is 13.0 Å². The van der Waals surface area contributed by atoms with Crippen molar-refractivity contribution in [2.75, 3.05) is 6.61 Å². The lowest BCUT2D eigenvalue weighted by atomic mass is 10.2. The van der Waals surface area contributed by atoms with E-state index in [-0.39, 0.29) is 0 Å². The van der Waals surface area contributed by atoms with Gasteiger partial charge < -0.3 is 9.47 Å². The fraction of sp³-hybridized carbons (Fsp3) is 0.273. The van der Waals surface area contributed by atoms with Gasteiger partial charge in [-0.2, -0.15) is 5.26 Å². The Hall–Kier alpha value is -1.54. The van der Waals surface area contributed by atoms with Crippen LogP contribution in [0.2, 0.25) is 0 Å². The topological polar surface area (TPSA) is 59.3 Å². The predicted molar refractivity (Wildman–Crippen MR) is 61.3 cm³/mol. The summed E-state index contributed by atoms with van der Waals surface area (Å²) in [5.74, 6) is 0.239. The number of carbonyl (C=O) groups is 1. The highest BCUT2D eigenvalue weighted by atomic mass is 79.9. The molecule has 16 heavy (non-hydrogen) atoms. The van der Waals surface area contributed by atoms with Crippen molar-refractivity contribution in [2.24, 2.45) is 0 Å². The van der Waals surface area contributed by atoms with E-state index in [0.29, 0.717) is 28.1 Å². The molecule has 0 radical (unpaired) electrons. The first-order chi connectivity index (χ1) is 7.58. The van der Waals surface area contributed by atoms with Gasteiger partial charge in [-0.1, -0.05) is 0 Å². The molecule has 0 aliphatic rings. The molecule has 0 spiro atoms. The van der Waals surface area contributed by atoms with Crippen molar-refractivity contribution in [3.05, 3.63) is 22.2 Å². The number of nitrogens with zero attached hydrogens (tertiary/aromatic N) is 1. The van der Waals surface area contributed by atoms with Crippen molar-refractivity contribution >= 4 is 21.9 Å². The first-order valence-corrected chi connectivity index (χ1v) is 5.42. The zero-order chi connectivity index (χ0) is 12.1. The van der Waals surface area contributed by atoms with Crippen LogP contribution in [0.4, 0.5) is 0 Å². The van der Waals surface area contributed by atoms with E-state index in [1.54, 1.807) is 6.07 Å². The molecule has 0 N–H and O–H groups in total. The summed E-state index contributed by atoms with van der Waals surface area (Å²) in [6.45, 7) is 3.54. The van der Waals surface area contributed by atoms with Crippen molar-refractivity contribution < 1.29 is 14.3 Å². The number of hydrogen-bond acceptors (Lipinski definition) is 4. The number of rotatable bonds is 3. The highest BCUT2D eigenvalue weighted by Gasteiger charge is 2.13. The molecule has 0 atom stereocenters. The molecule has 0 heterocycles. The van der Waals surface area contributed by atoms with Crippen LogP contribution in [0.3, 0.4) is 0 Å². The van der Waals surface area contributed by atoms with Crippen LogP contribution < -0.4 is 9.47 Å². The van der Waals surface area contributed by atoms with Crippen LogP contribution >= 0.6 is 15.9 Å². The van der Waals surface area contributed by atoms with Gasteiger partial charge in [0.25, 0.3) is 0 Å². The summed E-state index contributed by atoms with van der Waals surface area (Å²) >= 11 is 3.23. The average molecular weight is 284 g/mol. The lowest BCUT2D eigenvalue weighted by Gasteiger charge is -2.11. The van der Waals surface area contributed by atoms with Gasteiger partial charge in [0.1, 0.15) is 0 Å². The van der Waals surface area contributed by atoms with Gasteiger partial charge in [0.2, 0.25) is 0 Å². The third-order valence-corrected chi connectivity index (χ3v) is 2.27. The Morgan fingerprint density at radius 3 is 2.75 bits per heavy atom. The van der Waals surface area contributed by atoms with Crippen LogP contribution in [0.25, 0.3) is 0 Å². The number of halogens is 1. The van der Waals surface area contributed by atoms with E-state index in [0.717, 1.165) is 0 Å². The van der Waals surface area contributed by atoms with Crippen LogP contribution in [0.5, 0.6) is 11.5 Å². The fourth-order valence-corrected chi connectivity index (χ4v) is 1.66. The molecule has 0 bridgehead atoms. The van der Waals surface area contributed by atoms with E-state index in [1.165, 1.54) is 13.0 Å². The zero-order valence-electron chi connectivity index (χ0n) is 8.91. The standard InChI is InChI=1S/C11H10BrNO3/c1-3-15-10-5-8(6-13)4-9(12)11(10)16-7(2)14/h4-5H,3H2,1-2H3. The first-order valence-electron chi connectivity index (χ1n) is 4.63. The Kier molecular flexibility index (Phi) is 4.32. The number of nitriles is 1. The summed E-state index contributed by atoms with van der Waals surface area (Å²) in [6.07, 6.45) is 0. The molecule has 0 saturated carbocycles. The number of ether oxygens (including phenoxy) is 2. The molecule has 0 amide bonds. The monoisotopic (exact) mass is 283 g/mol. The summed E-state index contributed by atoms with van der Waals surface area (Å²) < 4.78 is 10.8. The van der Waals surface area contributed by atoms with Crippen molar-refractivity contribution in [3.63, 3.8) is 0 Å². The average Bonchev–Trinajstić information content (AvgIpc) is 2.22. The molecule has 0 aliphatic carbocycles. The molecule has 0 saturated heterocycles. The maximum absolute atomic E-state index is 10.9. The maximum atomic E-state index is 10.9. The molecule has 0 unspecified atom stereocenters. The molecule has 0 aromatic heterocycles. The van der Waals surface area contributed by atoms with E-state index < -0.39 is 5.97 Å². The minimum Gasteiger partial charge on any atom is -0.490 e. The van der Waals surface area contributed by atoms with Crippen LogP contribution in [0.15, 0.2) is 16.6 Å². The molecule has 5 heteroatoms.